The van der Waals surface area contributed by atoms with Crippen molar-refractivity contribution < 1.29 is 13.2 Å². The summed E-state index contributed by atoms with van der Waals surface area (Å²) >= 11 is 5.66. The Morgan fingerprint density at radius 3 is 2.50 bits per heavy atom. The fourth-order valence-corrected chi connectivity index (χ4v) is 1.42. The first-order valence-electron chi connectivity index (χ1n) is 3.99. The molecule has 1 atom stereocenters. The lowest BCUT2D eigenvalue weighted by molar-refractivity contribution is 0.117. The van der Waals surface area contributed by atoms with Gasteiger partial charge in [0.2, 0.25) is 6.43 Å². The first kappa shape index (κ1) is 11.3. The van der Waals surface area contributed by atoms with Crippen LogP contribution in [-0.2, 0) is 0 Å². The standard InChI is InChI=1S/C9H9ClF3N/c10-8-2-1-5(11)3-6(8)7(4-14)9(12)13/h1-3,7,9H,4,14H2. The van der Waals surface area contributed by atoms with Gasteiger partial charge in [0.15, 0.2) is 0 Å². The van der Waals surface area contributed by atoms with Crippen LogP contribution < -0.4 is 5.73 Å². The molecule has 1 aromatic carbocycles. The molecule has 0 fully saturated rings. The first-order chi connectivity index (χ1) is 6.56. The highest BCUT2D eigenvalue weighted by Crippen LogP contribution is 2.29. The van der Waals surface area contributed by atoms with Crippen LogP contribution in [0.2, 0.25) is 5.02 Å². The Kier molecular flexibility index (Phi) is 3.77. The average Bonchev–Trinajstić information content (AvgIpc) is 2.11. The van der Waals surface area contributed by atoms with Crippen LogP contribution >= 0.6 is 11.6 Å². The van der Waals surface area contributed by atoms with Crippen LogP contribution in [0.25, 0.3) is 0 Å². The van der Waals surface area contributed by atoms with E-state index in [2.05, 4.69) is 0 Å². The summed E-state index contributed by atoms with van der Waals surface area (Å²) in [5.74, 6) is -1.80. The number of nitrogens with two attached hydrogens (primary N) is 1. The lowest BCUT2D eigenvalue weighted by atomic mass is 10.00. The lowest BCUT2D eigenvalue weighted by Gasteiger charge is -2.15. The second kappa shape index (κ2) is 4.66. The third-order valence-corrected chi connectivity index (χ3v) is 2.26. The van der Waals surface area contributed by atoms with Crippen molar-refractivity contribution in [3.8, 4) is 0 Å². The van der Waals surface area contributed by atoms with Gasteiger partial charge < -0.3 is 5.73 Å². The minimum atomic E-state index is -2.64. The van der Waals surface area contributed by atoms with Crippen LogP contribution in [0.15, 0.2) is 18.2 Å². The predicted octanol–water partition coefficient (Wildman–Crippen LogP) is 2.79. The highest BCUT2D eigenvalue weighted by atomic mass is 35.5. The van der Waals surface area contributed by atoms with Gasteiger partial charge in [-0.15, -0.1) is 0 Å². The number of alkyl halides is 2. The molecule has 0 aliphatic heterocycles. The molecule has 0 saturated heterocycles. The maximum Gasteiger partial charge on any atom is 0.246 e. The summed E-state index contributed by atoms with van der Waals surface area (Å²) in [6, 6.07) is 3.36. The highest BCUT2D eigenvalue weighted by Gasteiger charge is 2.23. The van der Waals surface area contributed by atoms with Gasteiger partial charge in [-0.05, 0) is 23.8 Å². The van der Waals surface area contributed by atoms with E-state index < -0.39 is 18.2 Å². The van der Waals surface area contributed by atoms with Gasteiger partial charge in [-0.2, -0.15) is 0 Å². The number of benzene rings is 1. The Hall–Kier alpha value is -0.740. The zero-order chi connectivity index (χ0) is 10.7. The number of halogens is 4. The molecule has 0 aliphatic carbocycles. The van der Waals surface area contributed by atoms with E-state index in [1.54, 1.807) is 0 Å². The monoisotopic (exact) mass is 223 g/mol. The summed E-state index contributed by atoms with van der Waals surface area (Å²) in [6.45, 7) is -0.263. The van der Waals surface area contributed by atoms with E-state index >= 15 is 0 Å². The molecule has 78 valence electrons. The van der Waals surface area contributed by atoms with Crippen molar-refractivity contribution in [1.29, 1.82) is 0 Å². The molecule has 1 unspecified atom stereocenters. The zero-order valence-electron chi connectivity index (χ0n) is 7.18. The Morgan fingerprint density at radius 2 is 2.00 bits per heavy atom. The highest BCUT2D eigenvalue weighted by molar-refractivity contribution is 6.31. The summed E-state index contributed by atoms with van der Waals surface area (Å²) < 4.78 is 37.6. The van der Waals surface area contributed by atoms with E-state index in [1.807, 2.05) is 0 Å². The summed E-state index contributed by atoms with van der Waals surface area (Å²) in [4.78, 5) is 0. The second-order valence-electron chi connectivity index (χ2n) is 2.84. The van der Waals surface area contributed by atoms with Gasteiger partial charge in [0.1, 0.15) is 5.82 Å². The molecule has 0 bridgehead atoms. The molecule has 0 amide bonds. The maximum absolute atomic E-state index is 12.8. The van der Waals surface area contributed by atoms with Crippen molar-refractivity contribution >= 4 is 11.6 Å². The quantitative estimate of drug-likeness (QED) is 0.838. The maximum atomic E-state index is 12.8. The molecule has 0 saturated carbocycles. The van der Waals surface area contributed by atoms with Crippen LogP contribution in [0.1, 0.15) is 11.5 Å². The van der Waals surface area contributed by atoms with Gasteiger partial charge in [0.05, 0.1) is 5.92 Å². The van der Waals surface area contributed by atoms with Gasteiger partial charge in [-0.25, -0.2) is 13.2 Å². The summed E-state index contributed by atoms with van der Waals surface area (Å²) in [6.07, 6.45) is -2.64. The first-order valence-corrected chi connectivity index (χ1v) is 4.37. The molecule has 2 N–H and O–H groups in total. The summed E-state index contributed by atoms with van der Waals surface area (Å²) in [5.41, 5.74) is 5.22. The Balaban J connectivity index is 3.08. The van der Waals surface area contributed by atoms with Crippen LogP contribution in [0.5, 0.6) is 0 Å². The molecule has 5 heteroatoms. The number of hydrogen-bond donors (Lipinski definition) is 1. The van der Waals surface area contributed by atoms with Crippen molar-refractivity contribution in [3.05, 3.63) is 34.6 Å². The normalized spacial score (nSPS) is 13.3. The molecule has 0 radical (unpaired) electrons. The molecular formula is C9H9ClF3N. The molecule has 0 spiro atoms. The van der Waals surface area contributed by atoms with E-state index in [-0.39, 0.29) is 17.1 Å². The Bertz CT molecular complexity index is 317. The fraction of sp³-hybridized carbons (Fsp3) is 0.333. The predicted molar refractivity (Wildman–Crippen MR) is 49.2 cm³/mol. The van der Waals surface area contributed by atoms with Crippen molar-refractivity contribution in [2.75, 3.05) is 6.54 Å². The molecule has 1 rings (SSSR count). The van der Waals surface area contributed by atoms with Gasteiger partial charge >= 0.3 is 0 Å². The van der Waals surface area contributed by atoms with Crippen LogP contribution in [-0.4, -0.2) is 13.0 Å². The largest absolute Gasteiger partial charge is 0.330 e. The van der Waals surface area contributed by atoms with Gasteiger partial charge in [0.25, 0.3) is 0 Å². The summed E-state index contributed by atoms with van der Waals surface area (Å²) in [5, 5.41) is 0.113. The average molecular weight is 224 g/mol. The topological polar surface area (TPSA) is 26.0 Å². The molecular weight excluding hydrogens is 215 g/mol. The SMILES string of the molecule is NCC(c1cc(F)ccc1Cl)C(F)F. The van der Waals surface area contributed by atoms with Crippen LogP contribution in [0.3, 0.4) is 0 Å². The minimum absolute atomic E-state index is 0.0594. The zero-order valence-corrected chi connectivity index (χ0v) is 7.94. The molecule has 0 heterocycles. The van der Waals surface area contributed by atoms with Gasteiger partial charge in [0, 0.05) is 11.6 Å². The van der Waals surface area contributed by atoms with Crippen molar-refractivity contribution in [1.82, 2.24) is 0 Å². The van der Waals surface area contributed by atoms with Crippen molar-refractivity contribution in [3.63, 3.8) is 0 Å². The fourth-order valence-electron chi connectivity index (χ4n) is 1.16. The van der Waals surface area contributed by atoms with Gasteiger partial charge in [-0.3, -0.25) is 0 Å². The molecule has 1 aromatic rings. The van der Waals surface area contributed by atoms with Crippen molar-refractivity contribution in [2.45, 2.75) is 12.3 Å². The smallest absolute Gasteiger partial charge is 0.246 e. The Morgan fingerprint density at radius 1 is 1.36 bits per heavy atom. The molecule has 0 aromatic heterocycles. The molecule has 0 aliphatic rings. The van der Waals surface area contributed by atoms with Gasteiger partial charge in [-0.1, -0.05) is 11.6 Å². The van der Waals surface area contributed by atoms with E-state index in [1.165, 1.54) is 6.07 Å². The van der Waals surface area contributed by atoms with E-state index in [0.717, 1.165) is 12.1 Å². The summed E-state index contributed by atoms with van der Waals surface area (Å²) in [7, 11) is 0. The van der Waals surface area contributed by atoms with E-state index in [4.69, 9.17) is 17.3 Å². The van der Waals surface area contributed by atoms with Crippen molar-refractivity contribution in [2.24, 2.45) is 5.73 Å². The second-order valence-corrected chi connectivity index (χ2v) is 3.25. The minimum Gasteiger partial charge on any atom is -0.330 e. The molecule has 1 nitrogen and oxygen atoms in total. The number of rotatable bonds is 3. The third-order valence-electron chi connectivity index (χ3n) is 1.92. The van der Waals surface area contributed by atoms with Crippen LogP contribution in [0.4, 0.5) is 13.2 Å². The lowest BCUT2D eigenvalue weighted by Crippen LogP contribution is -2.20. The molecule has 14 heavy (non-hydrogen) atoms. The number of hydrogen-bond acceptors (Lipinski definition) is 1. The van der Waals surface area contributed by atoms with E-state index in [0.29, 0.717) is 0 Å². The third kappa shape index (κ3) is 2.39. The van der Waals surface area contributed by atoms with E-state index in [9.17, 15) is 13.2 Å². The van der Waals surface area contributed by atoms with Crippen LogP contribution in [0, 0.1) is 5.82 Å². The Labute approximate surface area is 84.7 Å².